The molecule has 0 atom stereocenters. The van der Waals surface area contributed by atoms with Gasteiger partial charge in [-0.05, 0) is 50.3 Å². The van der Waals surface area contributed by atoms with E-state index in [2.05, 4.69) is 10.2 Å². The van der Waals surface area contributed by atoms with Crippen LogP contribution in [0.4, 0.5) is 5.69 Å². The van der Waals surface area contributed by atoms with Gasteiger partial charge in [-0.25, -0.2) is 8.42 Å². The lowest BCUT2D eigenvalue weighted by Gasteiger charge is -2.28. The number of H-pyrrole nitrogens is 1. The van der Waals surface area contributed by atoms with Crippen molar-refractivity contribution in [3.8, 4) is 0 Å². The number of amides is 1. The monoisotopic (exact) mass is 388 g/mol. The predicted octanol–water partition coefficient (Wildman–Crippen LogP) is 2.49. The maximum atomic E-state index is 13.1. The summed E-state index contributed by atoms with van der Waals surface area (Å²) in [7, 11) is -3.59. The van der Waals surface area contributed by atoms with Crippen molar-refractivity contribution in [3.05, 3.63) is 41.2 Å². The second-order valence-electron chi connectivity index (χ2n) is 7.24. The van der Waals surface area contributed by atoms with Crippen LogP contribution in [0.2, 0.25) is 0 Å². The Labute approximate surface area is 159 Å². The van der Waals surface area contributed by atoms with E-state index < -0.39 is 10.0 Å². The third kappa shape index (κ3) is 3.27. The highest BCUT2D eigenvalue weighted by Gasteiger charge is 2.30. The van der Waals surface area contributed by atoms with Crippen LogP contribution in [0, 0.1) is 6.92 Å². The first kappa shape index (κ1) is 18.2. The largest absolute Gasteiger partial charge is 0.305 e. The molecule has 7 nitrogen and oxygen atoms in total. The molecule has 1 N–H and O–H groups in total. The van der Waals surface area contributed by atoms with Gasteiger partial charge in [-0.1, -0.05) is 12.5 Å². The summed E-state index contributed by atoms with van der Waals surface area (Å²) in [6.45, 7) is 3.47. The van der Waals surface area contributed by atoms with Crippen molar-refractivity contribution in [2.24, 2.45) is 0 Å². The van der Waals surface area contributed by atoms with E-state index in [1.54, 1.807) is 34.5 Å². The zero-order valence-electron chi connectivity index (χ0n) is 15.4. The number of nitrogens with zero attached hydrogens (tertiary/aromatic N) is 3. The SMILES string of the molecule is Cc1ccc(C(=O)N2CCCc3[nH]ncc32)cc1S(=O)(=O)N1CCCCC1. The fourth-order valence-corrected chi connectivity index (χ4v) is 5.65. The number of aryl methyl sites for hydroxylation is 2. The van der Waals surface area contributed by atoms with Crippen molar-refractivity contribution >= 4 is 21.6 Å². The molecule has 1 amide bonds. The number of rotatable bonds is 3. The molecule has 0 saturated carbocycles. The van der Waals surface area contributed by atoms with E-state index >= 15 is 0 Å². The summed E-state index contributed by atoms with van der Waals surface area (Å²) in [5.74, 6) is -0.188. The van der Waals surface area contributed by atoms with Crippen molar-refractivity contribution in [3.63, 3.8) is 0 Å². The third-order valence-corrected chi connectivity index (χ3v) is 7.45. The van der Waals surface area contributed by atoms with Crippen LogP contribution in [0.5, 0.6) is 0 Å². The zero-order chi connectivity index (χ0) is 19.0. The smallest absolute Gasteiger partial charge is 0.258 e. The van der Waals surface area contributed by atoms with Crippen molar-refractivity contribution in [1.29, 1.82) is 0 Å². The first-order valence-corrected chi connectivity index (χ1v) is 10.9. The number of sulfonamides is 1. The molecule has 1 fully saturated rings. The molecule has 2 aliphatic rings. The van der Waals surface area contributed by atoms with E-state index in [4.69, 9.17) is 0 Å². The van der Waals surface area contributed by atoms with Crippen LogP contribution in [0.3, 0.4) is 0 Å². The Morgan fingerprint density at radius 1 is 1.11 bits per heavy atom. The normalized spacial score (nSPS) is 18.3. The number of carbonyl (C=O) groups is 1. The van der Waals surface area contributed by atoms with Gasteiger partial charge >= 0.3 is 0 Å². The molecule has 8 heteroatoms. The number of carbonyl (C=O) groups excluding carboxylic acids is 1. The molecular formula is C19H24N4O3S. The number of fused-ring (bicyclic) bond motifs is 1. The Morgan fingerprint density at radius 3 is 2.67 bits per heavy atom. The van der Waals surface area contributed by atoms with Crippen LogP contribution in [0.25, 0.3) is 0 Å². The second-order valence-corrected chi connectivity index (χ2v) is 9.15. The van der Waals surface area contributed by atoms with Crippen LogP contribution < -0.4 is 4.90 Å². The highest BCUT2D eigenvalue weighted by atomic mass is 32.2. The van der Waals surface area contributed by atoms with Crippen LogP contribution in [0.1, 0.15) is 47.3 Å². The summed E-state index contributed by atoms with van der Waals surface area (Å²) in [6.07, 6.45) is 6.20. The lowest BCUT2D eigenvalue weighted by Crippen LogP contribution is -2.37. The minimum absolute atomic E-state index is 0.188. The number of hydrogen-bond donors (Lipinski definition) is 1. The Balaban J connectivity index is 1.68. The molecule has 0 spiro atoms. The Bertz CT molecular complexity index is 961. The first-order chi connectivity index (χ1) is 13.0. The number of piperidine rings is 1. The zero-order valence-corrected chi connectivity index (χ0v) is 16.3. The quantitative estimate of drug-likeness (QED) is 0.875. The van der Waals surface area contributed by atoms with E-state index in [0.717, 1.165) is 43.5 Å². The molecular weight excluding hydrogens is 364 g/mol. The summed E-state index contributed by atoms with van der Waals surface area (Å²) >= 11 is 0. The predicted molar refractivity (Wildman–Crippen MR) is 102 cm³/mol. The van der Waals surface area contributed by atoms with Gasteiger partial charge in [0, 0.05) is 25.2 Å². The second kappa shape index (κ2) is 7.09. The lowest BCUT2D eigenvalue weighted by atomic mass is 10.1. The van der Waals surface area contributed by atoms with Gasteiger partial charge in [0.25, 0.3) is 5.91 Å². The fraction of sp³-hybridized carbons (Fsp3) is 0.474. The summed E-state index contributed by atoms with van der Waals surface area (Å²) < 4.78 is 27.7. The number of benzene rings is 1. The molecule has 1 aromatic heterocycles. The average Bonchev–Trinajstić information content (AvgIpc) is 3.17. The highest BCUT2D eigenvalue weighted by molar-refractivity contribution is 7.89. The first-order valence-electron chi connectivity index (χ1n) is 9.43. The number of nitrogens with one attached hydrogen (secondary N) is 1. The van der Waals surface area contributed by atoms with E-state index in [1.165, 1.54) is 6.07 Å². The highest BCUT2D eigenvalue weighted by Crippen LogP contribution is 2.28. The van der Waals surface area contributed by atoms with E-state index in [9.17, 15) is 13.2 Å². The van der Waals surface area contributed by atoms with Crippen LogP contribution in [-0.4, -0.2) is 48.5 Å². The number of aromatic nitrogens is 2. The maximum absolute atomic E-state index is 13.1. The minimum Gasteiger partial charge on any atom is -0.305 e. The van der Waals surface area contributed by atoms with Gasteiger partial charge in [-0.2, -0.15) is 9.40 Å². The molecule has 0 unspecified atom stereocenters. The molecule has 1 aromatic carbocycles. The average molecular weight is 388 g/mol. The van der Waals surface area contributed by atoms with Crippen LogP contribution >= 0.6 is 0 Å². The summed E-state index contributed by atoms with van der Waals surface area (Å²) in [6, 6.07) is 4.97. The molecule has 0 aliphatic carbocycles. The fourth-order valence-electron chi connectivity index (χ4n) is 3.88. The van der Waals surface area contributed by atoms with Crippen molar-refractivity contribution in [1.82, 2.24) is 14.5 Å². The molecule has 2 aromatic rings. The van der Waals surface area contributed by atoms with Crippen LogP contribution in [-0.2, 0) is 16.4 Å². The van der Waals surface area contributed by atoms with Crippen molar-refractivity contribution in [2.45, 2.75) is 43.9 Å². The van der Waals surface area contributed by atoms with Gasteiger partial charge in [0.1, 0.15) is 0 Å². The van der Waals surface area contributed by atoms with Crippen LogP contribution in [0.15, 0.2) is 29.3 Å². The lowest BCUT2D eigenvalue weighted by molar-refractivity contribution is 0.0985. The van der Waals surface area contributed by atoms with Gasteiger partial charge in [0.15, 0.2) is 0 Å². The molecule has 3 heterocycles. The van der Waals surface area contributed by atoms with E-state index in [1.807, 2.05) is 0 Å². The Kier molecular flexibility index (Phi) is 4.77. The number of aromatic amines is 1. The van der Waals surface area contributed by atoms with Crippen molar-refractivity contribution < 1.29 is 13.2 Å². The third-order valence-electron chi connectivity index (χ3n) is 5.41. The van der Waals surface area contributed by atoms with Gasteiger partial charge in [0.05, 0.1) is 22.5 Å². The van der Waals surface area contributed by atoms with Gasteiger partial charge in [0.2, 0.25) is 10.0 Å². The van der Waals surface area contributed by atoms with Crippen molar-refractivity contribution in [2.75, 3.05) is 24.5 Å². The molecule has 0 radical (unpaired) electrons. The summed E-state index contributed by atoms with van der Waals surface area (Å²) in [5.41, 5.74) is 2.79. The molecule has 1 saturated heterocycles. The number of hydrogen-bond acceptors (Lipinski definition) is 4. The molecule has 27 heavy (non-hydrogen) atoms. The summed E-state index contributed by atoms with van der Waals surface area (Å²) in [4.78, 5) is 15.0. The van der Waals surface area contributed by atoms with Gasteiger partial charge in [-0.3, -0.25) is 9.89 Å². The van der Waals surface area contributed by atoms with Gasteiger partial charge < -0.3 is 4.90 Å². The molecule has 2 aliphatic heterocycles. The van der Waals surface area contributed by atoms with E-state index in [0.29, 0.717) is 30.8 Å². The summed E-state index contributed by atoms with van der Waals surface area (Å²) in [5, 5.41) is 6.98. The standard InChI is InChI=1S/C19H24N4O3S/c1-14-7-8-15(12-18(14)27(25,26)22-9-3-2-4-10-22)19(24)23-11-5-6-16-17(23)13-20-21-16/h7-8,12-13H,2-6,9-11H2,1H3,(H,20,21). The topological polar surface area (TPSA) is 86.4 Å². The molecule has 144 valence electrons. The molecule has 4 rings (SSSR count). The maximum Gasteiger partial charge on any atom is 0.258 e. The minimum atomic E-state index is -3.59. The van der Waals surface area contributed by atoms with Gasteiger partial charge in [-0.15, -0.1) is 0 Å². The van der Waals surface area contributed by atoms with E-state index in [-0.39, 0.29) is 10.8 Å². The number of anilines is 1. The Morgan fingerprint density at radius 2 is 1.89 bits per heavy atom. The molecule has 0 bridgehead atoms. The Hall–Kier alpha value is -2.19.